The molecule has 1 aromatic carbocycles. The highest BCUT2D eigenvalue weighted by molar-refractivity contribution is 5.92. The van der Waals surface area contributed by atoms with E-state index in [0.717, 1.165) is 24.1 Å². The van der Waals surface area contributed by atoms with Crippen molar-refractivity contribution in [3.05, 3.63) is 29.3 Å². The van der Waals surface area contributed by atoms with E-state index in [4.69, 9.17) is 5.26 Å². The average Bonchev–Trinajstić information content (AvgIpc) is 2.58. The number of hydrogen-bond acceptors (Lipinski definition) is 2. The van der Waals surface area contributed by atoms with Gasteiger partial charge in [0.15, 0.2) is 0 Å². The van der Waals surface area contributed by atoms with Gasteiger partial charge in [0, 0.05) is 5.69 Å². The third kappa shape index (κ3) is 9.92. The van der Waals surface area contributed by atoms with Crippen LogP contribution in [0.25, 0.3) is 0 Å². The van der Waals surface area contributed by atoms with Crippen molar-refractivity contribution in [1.29, 1.82) is 5.26 Å². The zero-order valence-electron chi connectivity index (χ0n) is 16.1. The summed E-state index contributed by atoms with van der Waals surface area (Å²) in [5.74, 6) is -0.225. The number of carbonyl (C=O) groups excluding carboxylic acids is 1. The molecule has 0 fully saturated rings. The second-order valence-electron chi connectivity index (χ2n) is 6.98. The summed E-state index contributed by atoms with van der Waals surface area (Å²) in [4.78, 5) is 11.7. The molecule has 0 spiro atoms. The van der Waals surface area contributed by atoms with E-state index in [0.29, 0.717) is 0 Å². The van der Waals surface area contributed by atoms with E-state index in [1.165, 1.54) is 63.4 Å². The molecule has 25 heavy (non-hydrogen) atoms. The van der Waals surface area contributed by atoms with Crippen LogP contribution in [-0.4, -0.2) is 5.91 Å². The number of rotatable bonds is 13. The molecule has 0 bridgehead atoms. The first-order valence-corrected chi connectivity index (χ1v) is 9.93. The predicted molar refractivity (Wildman–Crippen MR) is 106 cm³/mol. The molecule has 0 heterocycles. The van der Waals surface area contributed by atoms with E-state index < -0.39 is 0 Å². The molecule has 3 heteroatoms. The number of hydrogen-bond donors (Lipinski definition) is 1. The van der Waals surface area contributed by atoms with Gasteiger partial charge in [0.2, 0.25) is 5.91 Å². The quantitative estimate of drug-likeness (QED) is 0.427. The number of amides is 1. The second-order valence-corrected chi connectivity index (χ2v) is 6.98. The lowest BCUT2D eigenvalue weighted by Crippen LogP contribution is -2.12. The molecule has 0 saturated heterocycles. The summed E-state index contributed by atoms with van der Waals surface area (Å²) in [7, 11) is 0. The van der Waals surface area contributed by atoms with Crippen molar-refractivity contribution in [1.82, 2.24) is 0 Å². The van der Waals surface area contributed by atoms with Crippen LogP contribution in [0.1, 0.15) is 88.7 Å². The summed E-state index contributed by atoms with van der Waals surface area (Å²) in [6.07, 6.45) is 14.2. The van der Waals surface area contributed by atoms with Crippen molar-refractivity contribution in [3.8, 4) is 6.07 Å². The number of carbonyl (C=O) groups is 1. The van der Waals surface area contributed by atoms with Crippen LogP contribution >= 0.6 is 0 Å². The Morgan fingerprint density at radius 2 is 1.60 bits per heavy atom. The summed E-state index contributed by atoms with van der Waals surface area (Å²) in [6.45, 7) is 4.28. The first kappa shape index (κ1) is 21.2. The van der Waals surface area contributed by atoms with Crippen molar-refractivity contribution in [2.75, 3.05) is 5.32 Å². The minimum Gasteiger partial charge on any atom is -0.325 e. The first-order chi connectivity index (χ1) is 12.2. The van der Waals surface area contributed by atoms with Crippen LogP contribution in [0.2, 0.25) is 0 Å². The van der Waals surface area contributed by atoms with Gasteiger partial charge < -0.3 is 5.32 Å². The zero-order valence-corrected chi connectivity index (χ0v) is 16.1. The van der Waals surface area contributed by atoms with Gasteiger partial charge in [-0.25, -0.2) is 0 Å². The van der Waals surface area contributed by atoms with Gasteiger partial charge in [-0.2, -0.15) is 5.26 Å². The number of unbranched alkanes of at least 4 members (excludes halogenated alkanes) is 9. The van der Waals surface area contributed by atoms with E-state index in [1.54, 1.807) is 0 Å². The summed E-state index contributed by atoms with van der Waals surface area (Å²) < 4.78 is 0. The van der Waals surface area contributed by atoms with Crippen LogP contribution in [0.15, 0.2) is 18.2 Å². The molecule has 1 amide bonds. The number of nitrogens with zero attached hydrogens (tertiary/aromatic N) is 1. The molecule has 1 rings (SSSR count). The number of benzene rings is 1. The molecule has 0 aliphatic heterocycles. The fraction of sp³-hybridized carbons (Fsp3) is 0.636. The van der Waals surface area contributed by atoms with Gasteiger partial charge in [0.05, 0.1) is 6.07 Å². The lowest BCUT2D eigenvalue weighted by Gasteiger charge is -2.11. The Hall–Kier alpha value is -1.82. The molecule has 0 radical (unpaired) electrons. The third-order valence-corrected chi connectivity index (χ3v) is 4.58. The molecular weight excluding hydrogens is 308 g/mol. The monoisotopic (exact) mass is 342 g/mol. The van der Waals surface area contributed by atoms with Crippen LogP contribution in [0.5, 0.6) is 0 Å². The van der Waals surface area contributed by atoms with Gasteiger partial charge in [-0.3, -0.25) is 4.79 Å². The maximum absolute atomic E-state index is 11.7. The molecule has 0 aliphatic rings. The Kier molecular flexibility index (Phi) is 11.4. The van der Waals surface area contributed by atoms with Crippen LogP contribution in [0.4, 0.5) is 5.69 Å². The molecule has 0 unspecified atom stereocenters. The van der Waals surface area contributed by atoms with Crippen molar-refractivity contribution in [3.63, 3.8) is 0 Å². The highest BCUT2D eigenvalue weighted by Gasteiger charge is 2.07. The molecule has 0 aromatic heterocycles. The highest BCUT2D eigenvalue weighted by atomic mass is 16.1. The van der Waals surface area contributed by atoms with Gasteiger partial charge in [0.1, 0.15) is 6.42 Å². The summed E-state index contributed by atoms with van der Waals surface area (Å²) in [6, 6.07) is 8.09. The molecule has 1 N–H and O–H groups in total. The van der Waals surface area contributed by atoms with Gasteiger partial charge in [-0.05, 0) is 37.0 Å². The third-order valence-electron chi connectivity index (χ3n) is 4.58. The van der Waals surface area contributed by atoms with E-state index in [2.05, 4.69) is 24.4 Å². The van der Waals surface area contributed by atoms with E-state index in [1.807, 2.05) is 19.1 Å². The maximum atomic E-state index is 11.7. The second kappa shape index (κ2) is 13.5. The smallest absolute Gasteiger partial charge is 0.238 e. The molecule has 3 nitrogen and oxygen atoms in total. The largest absolute Gasteiger partial charge is 0.325 e. The van der Waals surface area contributed by atoms with E-state index in [9.17, 15) is 4.79 Å². The Bertz CT molecular complexity index is 545. The SMILES string of the molecule is CCCCCCCCCCCCc1ccc(C)cc1NC(=O)CC#N. The Balaban J connectivity index is 2.26. The van der Waals surface area contributed by atoms with Crippen LogP contribution in [0.3, 0.4) is 0 Å². The minimum absolute atomic E-state index is 0.0916. The summed E-state index contributed by atoms with van der Waals surface area (Å²) in [5.41, 5.74) is 3.17. The minimum atomic E-state index is -0.225. The average molecular weight is 343 g/mol. The Morgan fingerprint density at radius 3 is 2.20 bits per heavy atom. The number of aryl methyl sites for hydroxylation is 2. The summed E-state index contributed by atoms with van der Waals surface area (Å²) in [5, 5.41) is 11.5. The first-order valence-electron chi connectivity index (χ1n) is 9.93. The van der Waals surface area contributed by atoms with Crippen molar-refractivity contribution < 1.29 is 4.79 Å². The van der Waals surface area contributed by atoms with Crippen LogP contribution in [-0.2, 0) is 11.2 Å². The van der Waals surface area contributed by atoms with Gasteiger partial charge in [-0.1, -0.05) is 76.8 Å². The Morgan fingerprint density at radius 1 is 1.00 bits per heavy atom. The lowest BCUT2D eigenvalue weighted by atomic mass is 10.0. The van der Waals surface area contributed by atoms with Crippen molar-refractivity contribution in [2.45, 2.75) is 90.9 Å². The molecule has 138 valence electrons. The fourth-order valence-electron chi connectivity index (χ4n) is 3.09. The zero-order chi connectivity index (χ0) is 18.3. The van der Waals surface area contributed by atoms with Gasteiger partial charge in [-0.15, -0.1) is 0 Å². The maximum Gasteiger partial charge on any atom is 0.238 e. The van der Waals surface area contributed by atoms with Crippen molar-refractivity contribution >= 4 is 11.6 Å². The molecule has 1 aromatic rings. The molecule has 0 aliphatic carbocycles. The van der Waals surface area contributed by atoms with Gasteiger partial charge in [0.25, 0.3) is 0 Å². The molecule has 0 saturated carbocycles. The lowest BCUT2D eigenvalue weighted by molar-refractivity contribution is -0.115. The van der Waals surface area contributed by atoms with E-state index in [-0.39, 0.29) is 12.3 Å². The van der Waals surface area contributed by atoms with Crippen LogP contribution in [0, 0.1) is 18.3 Å². The normalized spacial score (nSPS) is 10.4. The van der Waals surface area contributed by atoms with Crippen molar-refractivity contribution in [2.24, 2.45) is 0 Å². The highest BCUT2D eigenvalue weighted by Crippen LogP contribution is 2.21. The number of nitrogens with one attached hydrogen (secondary N) is 1. The number of nitriles is 1. The molecule has 0 atom stereocenters. The standard InChI is InChI=1S/C22H34N2O/c1-3-4-5-6-7-8-9-10-11-12-13-20-15-14-19(2)18-21(20)24-22(25)16-17-23/h14-15,18H,3-13,16H2,1-2H3,(H,24,25). The Labute approximate surface area is 153 Å². The summed E-state index contributed by atoms with van der Waals surface area (Å²) >= 11 is 0. The van der Waals surface area contributed by atoms with E-state index >= 15 is 0 Å². The topological polar surface area (TPSA) is 52.9 Å². The van der Waals surface area contributed by atoms with Crippen LogP contribution < -0.4 is 5.32 Å². The number of anilines is 1. The fourth-order valence-corrected chi connectivity index (χ4v) is 3.09. The van der Waals surface area contributed by atoms with Gasteiger partial charge >= 0.3 is 0 Å². The predicted octanol–water partition coefficient (Wildman–Crippen LogP) is 6.31. The molecular formula is C22H34N2O.